The van der Waals surface area contributed by atoms with E-state index in [1.165, 1.54) is 5.56 Å². The van der Waals surface area contributed by atoms with E-state index >= 15 is 0 Å². The Hall–Kier alpha value is -3.86. The Morgan fingerprint density at radius 3 is 2.17 bits per heavy atom. The molecule has 0 bridgehead atoms. The Morgan fingerprint density at radius 2 is 1.41 bits per heavy atom. The number of ether oxygens (including phenoxy) is 1. The fourth-order valence-corrected chi connectivity index (χ4v) is 2.86. The lowest BCUT2D eigenvalue weighted by atomic mass is 10.1. The van der Waals surface area contributed by atoms with Crippen molar-refractivity contribution in [1.82, 2.24) is 9.97 Å². The van der Waals surface area contributed by atoms with E-state index in [0.29, 0.717) is 5.95 Å². The smallest absolute Gasteiger partial charge is 0.229 e. The molecule has 5 heteroatoms. The summed E-state index contributed by atoms with van der Waals surface area (Å²) in [6.45, 7) is 0.811. The summed E-state index contributed by atoms with van der Waals surface area (Å²) in [7, 11) is 0. The molecule has 0 atom stereocenters. The van der Waals surface area contributed by atoms with E-state index in [9.17, 15) is 0 Å². The third kappa shape index (κ3) is 5.56. The molecular formula is C24H22N4O. The van der Waals surface area contributed by atoms with Crippen molar-refractivity contribution in [3.63, 3.8) is 0 Å². The van der Waals surface area contributed by atoms with Crippen LogP contribution in [-0.2, 0) is 6.42 Å². The highest BCUT2D eigenvalue weighted by Gasteiger charge is 2.02. The first-order chi connectivity index (χ1) is 14.3. The van der Waals surface area contributed by atoms with Gasteiger partial charge in [-0.05, 0) is 54.4 Å². The molecule has 144 valence electrons. The van der Waals surface area contributed by atoms with Crippen LogP contribution in [0.25, 0.3) is 0 Å². The van der Waals surface area contributed by atoms with Gasteiger partial charge in [-0.2, -0.15) is 4.98 Å². The molecule has 3 aromatic carbocycles. The van der Waals surface area contributed by atoms with Gasteiger partial charge in [0.1, 0.15) is 17.3 Å². The molecular weight excluding hydrogens is 360 g/mol. The van der Waals surface area contributed by atoms with Crippen LogP contribution < -0.4 is 15.4 Å². The lowest BCUT2D eigenvalue weighted by molar-refractivity contribution is 0.483. The number of aromatic nitrogens is 2. The lowest BCUT2D eigenvalue weighted by Crippen LogP contribution is -2.07. The quantitative estimate of drug-likeness (QED) is 0.411. The molecule has 0 saturated carbocycles. The van der Waals surface area contributed by atoms with Crippen LogP contribution in [-0.4, -0.2) is 16.5 Å². The number of nitrogens with zero attached hydrogens (tertiary/aromatic N) is 2. The van der Waals surface area contributed by atoms with Crippen LogP contribution in [0.4, 0.5) is 17.5 Å². The van der Waals surface area contributed by atoms with Crippen molar-refractivity contribution >= 4 is 17.5 Å². The van der Waals surface area contributed by atoms with Crippen LogP contribution in [0.15, 0.2) is 97.2 Å². The van der Waals surface area contributed by atoms with Crippen LogP contribution in [0.2, 0.25) is 0 Å². The monoisotopic (exact) mass is 382 g/mol. The van der Waals surface area contributed by atoms with E-state index in [0.717, 1.165) is 36.0 Å². The minimum atomic E-state index is 0.548. The molecule has 0 unspecified atom stereocenters. The molecule has 0 aliphatic heterocycles. The molecule has 1 heterocycles. The second-order valence-corrected chi connectivity index (χ2v) is 6.49. The summed E-state index contributed by atoms with van der Waals surface area (Å²) in [5, 5.41) is 6.57. The van der Waals surface area contributed by atoms with Crippen LogP contribution >= 0.6 is 0 Å². The molecule has 0 radical (unpaired) electrons. The molecule has 1 aromatic heterocycles. The summed E-state index contributed by atoms with van der Waals surface area (Å²) in [6.07, 6.45) is 2.68. The van der Waals surface area contributed by atoms with Crippen LogP contribution in [0.3, 0.4) is 0 Å². The average Bonchev–Trinajstić information content (AvgIpc) is 2.77. The number of nitrogens with one attached hydrogen (secondary N) is 2. The highest BCUT2D eigenvalue weighted by atomic mass is 16.5. The topological polar surface area (TPSA) is 59.1 Å². The molecule has 0 spiro atoms. The normalized spacial score (nSPS) is 10.3. The van der Waals surface area contributed by atoms with Crippen molar-refractivity contribution < 1.29 is 4.74 Å². The largest absolute Gasteiger partial charge is 0.457 e. The minimum Gasteiger partial charge on any atom is -0.457 e. The standard InChI is InChI=1S/C24H22N4O/c1-3-7-19(8-4-1)15-17-25-23-16-18-26-24(28-23)27-20-11-13-22(14-12-20)29-21-9-5-2-6-10-21/h1-14,16,18H,15,17H2,(H2,25,26,27,28). The minimum absolute atomic E-state index is 0.548. The van der Waals surface area contributed by atoms with Gasteiger partial charge >= 0.3 is 0 Å². The molecule has 0 aliphatic carbocycles. The van der Waals surface area contributed by atoms with E-state index in [1.54, 1.807) is 6.20 Å². The van der Waals surface area contributed by atoms with Gasteiger partial charge in [0.15, 0.2) is 0 Å². The maximum atomic E-state index is 5.81. The van der Waals surface area contributed by atoms with Gasteiger partial charge in [0.25, 0.3) is 0 Å². The molecule has 29 heavy (non-hydrogen) atoms. The third-order valence-electron chi connectivity index (χ3n) is 4.31. The first-order valence-corrected chi connectivity index (χ1v) is 9.56. The summed E-state index contributed by atoms with van der Waals surface area (Å²) < 4.78 is 5.81. The molecule has 0 fully saturated rings. The van der Waals surface area contributed by atoms with Gasteiger partial charge in [-0.3, -0.25) is 0 Å². The number of anilines is 3. The molecule has 5 nitrogen and oxygen atoms in total. The molecule has 4 rings (SSSR count). The van der Waals surface area contributed by atoms with E-state index < -0.39 is 0 Å². The van der Waals surface area contributed by atoms with Crippen molar-refractivity contribution in [1.29, 1.82) is 0 Å². The van der Waals surface area contributed by atoms with Gasteiger partial charge in [-0.15, -0.1) is 0 Å². The van der Waals surface area contributed by atoms with Gasteiger partial charge in [-0.1, -0.05) is 48.5 Å². The number of hydrogen-bond acceptors (Lipinski definition) is 5. The maximum Gasteiger partial charge on any atom is 0.229 e. The number of rotatable bonds is 8. The summed E-state index contributed by atoms with van der Waals surface area (Å²) >= 11 is 0. The maximum absolute atomic E-state index is 5.81. The molecule has 4 aromatic rings. The lowest BCUT2D eigenvalue weighted by Gasteiger charge is -2.09. The second-order valence-electron chi connectivity index (χ2n) is 6.49. The van der Waals surface area contributed by atoms with Gasteiger partial charge < -0.3 is 15.4 Å². The van der Waals surface area contributed by atoms with Crippen molar-refractivity contribution in [2.24, 2.45) is 0 Å². The summed E-state index contributed by atoms with van der Waals surface area (Å²) in [4.78, 5) is 8.82. The zero-order chi connectivity index (χ0) is 19.7. The Morgan fingerprint density at radius 1 is 0.724 bits per heavy atom. The van der Waals surface area contributed by atoms with Crippen molar-refractivity contribution in [3.8, 4) is 11.5 Å². The number of hydrogen-bond donors (Lipinski definition) is 2. The Bertz CT molecular complexity index is 1020. The van der Waals surface area contributed by atoms with E-state index in [1.807, 2.05) is 66.7 Å². The Kier molecular flexibility index (Phi) is 5.98. The predicted octanol–water partition coefficient (Wildman–Crippen LogP) is 5.67. The zero-order valence-corrected chi connectivity index (χ0v) is 16.0. The molecule has 2 N–H and O–H groups in total. The SMILES string of the molecule is c1ccc(CCNc2ccnc(Nc3ccc(Oc4ccccc4)cc3)n2)cc1. The second kappa shape index (κ2) is 9.37. The highest BCUT2D eigenvalue weighted by molar-refractivity contribution is 5.56. The molecule has 0 aliphatic rings. The number of para-hydroxylation sites is 1. The summed E-state index contributed by atoms with van der Waals surface area (Å²) in [5.41, 5.74) is 2.19. The third-order valence-corrected chi connectivity index (χ3v) is 4.31. The van der Waals surface area contributed by atoms with Crippen LogP contribution in [0, 0.1) is 0 Å². The summed E-state index contributed by atoms with van der Waals surface area (Å²) in [6, 6.07) is 29.7. The van der Waals surface area contributed by atoms with Gasteiger partial charge in [0, 0.05) is 18.4 Å². The first-order valence-electron chi connectivity index (χ1n) is 9.56. The highest BCUT2D eigenvalue weighted by Crippen LogP contribution is 2.23. The van der Waals surface area contributed by atoms with Gasteiger partial charge in [-0.25, -0.2) is 4.98 Å². The van der Waals surface area contributed by atoms with Crippen molar-refractivity contribution in [2.75, 3.05) is 17.2 Å². The van der Waals surface area contributed by atoms with E-state index in [4.69, 9.17) is 4.74 Å². The van der Waals surface area contributed by atoms with E-state index in [2.05, 4.69) is 44.9 Å². The zero-order valence-electron chi connectivity index (χ0n) is 16.0. The average molecular weight is 382 g/mol. The Balaban J connectivity index is 1.32. The first kappa shape index (κ1) is 18.5. The van der Waals surface area contributed by atoms with Gasteiger partial charge in [0.05, 0.1) is 0 Å². The molecule has 0 amide bonds. The van der Waals surface area contributed by atoms with Gasteiger partial charge in [0.2, 0.25) is 5.95 Å². The van der Waals surface area contributed by atoms with Crippen LogP contribution in [0.5, 0.6) is 11.5 Å². The molecule has 0 saturated heterocycles. The summed E-state index contributed by atoms with van der Waals surface area (Å²) in [5.74, 6) is 2.93. The number of benzene rings is 3. The van der Waals surface area contributed by atoms with Crippen LogP contribution in [0.1, 0.15) is 5.56 Å². The fourth-order valence-electron chi connectivity index (χ4n) is 2.86. The Labute approximate surface area is 170 Å². The fraction of sp³-hybridized carbons (Fsp3) is 0.0833. The van der Waals surface area contributed by atoms with Crippen molar-refractivity contribution in [3.05, 3.63) is 103 Å². The predicted molar refractivity (Wildman–Crippen MR) is 117 cm³/mol. The van der Waals surface area contributed by atoms with Crippen molar-refractivity contribution in [2.45, 2.75) is 6.42 Å². The van der Waals surface area contributed by atoms with E-state index in [-0.39, 0.29) is 0 Å².